The lowest BCUT2D eigenvalue weighted by Crippen LogP contribution is -2.58. The summed E-state index contributed by atoms with van der Waals surface area (Å²) in [5.74, 6) is -4.40. The quantitative estimate of drug-likeness (QED) is 0.221. The van der Waals surface area contributed by atoms with Crippen LogP contribution in [0.4, 0.5) is 0 Å². The van der Waals surface area contributed by atoms with Crippen LogP contribution < -0.4 is 22.1 Å². The summed E-state index contributed by atoms with van der Waals surface area (Å²) in [4.78, 5) is 45.7. The van der Waals surface area contributed by atoms with Crippen molar-refractivity contribution in [3.05, 3.63) is 0 Å². The van der Waals surface area contributed by atoms with Gasteiger partial charge in [-0.15, -0.1) is 0 Å². The maximum absolute atomic E-state index is 12.0. The second kappa shape index (κ2) is 9.02. The largest absolute Gasteiger partial charge is 0.480 e. The Balaban J connectivity index is 5.09. The Kier molecular flexibility index (Phi) is 8.15. The first-order valence-electron chi connectivity index (χ1n) is 6.71. The molecule has 0 radical (unpaired) electrons. The highest BCUT2D eigenvalue weighted by atomic mass is 16.4. The highest BCUT2D eigenvalue weighted by molar-refractivity contribution is 5.94. The summed E-state index contributed by atoms with van der Waals surface area (Å²) in [6.07, 6.45) is -3.24. The lowest BCUT2D eigenvalue weighted by Gasteiger charge is -2.23. The van der Waals surface area contributed by atoms with Gasteiger partial charge in [-0.05, 0) is 13.8 Å². The molecule has 0 aliphatic carbocycles. The monoisotopic (exact) mass is 334 g/mol. The second-order valence-corrected chi connectivity index (χ2v) is 5.06. The predicted molar refractivity (Wildman–Crippen MR) is 76.6 cm³/mol. The normalized spacial score (nSPS) is 17.3. The summed E-state index contributed by atoms with van der Waals surface area (Å²) < 4.78 is 0. The van der Waals surface area contributed by atoms with E-state index >= 15 is 0 Å². The van der Waals surface area contributed by atoms with Crippen LogP contribution in [0, 0.1) is 0 Å². The van der Waals surface area contributed by atoms with Crippen LogP contribution in [0.25, 0.3) is 0 Å². The van der Waals surface area contributed by atoms with Crippen molar-refractivity contribution < 1.29 is 34.5 Å². The third kappa shape index (κ3) is 7.04. The molecule has 9 N–H and O–H groups in total. The van der Waals surface area contributed by atoms with Gasteiger partial charge in [-0.2, -0.15) is 0 Å². The van der Waals surface area contributed by atoms with Crippen molar-refractivity contribution in [3.8, 4) is 0 Å². The Labute approximate surface area is 132 Å². The van der Waals surface area contributed by atoms with E-state index in [9.17, 15) is 29.4 Å². The van der Waals surface area contributed by atoms with Gasteiger partial charge in [0.05, 0.1) is 18.6 Å². The number of carboxylic acids is 1. The first kappa shape index (κ1) is 20.8. The van der Waals surface area contributed by atoms with E-state index in [2.05, 4.69) is 5.32 Å². The molecule has 0 aliphatic rings. The number of hydrogen-bond donors (Lipinski definition) is 7. The summed E-state index contributed by atoms with van der Waals surface area (Å²) >= 11 is 0. The first-order valence-corrected chi connectivity index (χ1v) is 6.71. The van der Waals surface area contributed by atoms with E-state index in [4.69, 9.17) is 16.6 Å². The molecule has 132 valence electrons. The molecule has 0 heterocycles. The zero-order chi connectivity index (χ0) is 18.3. The molecule has 23 heavy (non-hydrogen) atoms. The molecule has 0 fully saturated rings. The number of nitrogens with two attached hydrogens (primary N) is 2. The minimum absolute atomic E-state index is 0.615. The Morgan fingerprint density at radius 3 is 1.87 bits per heavy atom. The van der Waals surface area contributed by atoms with Crippen molar-refractivity contribution in [2.45, 2.75) is 50.6 Å². The predicted octanol–water partition coefficient (Wildman–Crippen LogP) is -4.00. The van der Waals surface area contributed by atoms with Crippen LogP contribution in [0.3, 0.4) is 0 Å². The number of aliphatic carboxylic acids is 1. The molecule has 0 aromatic heterocycles. The zero-order valence-electron chi connectivity index (χ0n) is 12.7. The van der Waals surface area contributed by atoms with Crippen LogP contribution in [0.15, 0.2) is 0 Å². The molecule has 0 aromatic carbocycles. The van der Waals surface area contributed by atoms with Crippen LogP contribution >= 0.6 is 0 Å². The first-order chi connectivity index (χ1) is 10.5. The van der Waals surface area contributed by atoms with Crippen LogP contribution in [-0.2, 0) is 19.2 Å². The van der Waals surface area contributed by atoms with Gasteiger partial charge in [0.1, 0.15) is 12.1 Å². The van der Waals surface area contributed by atoms with Crippen molar-refractivity contribution in [3.63, 3.8) is 0 Å². The fourth-order valence-corrected chi connectivity index (χ4v) is 1.54. The van der Waals surface area contributed by atoms with Gasteiger partial charge in [0.2, 0.25) is 17.7 Å². The van der Waals surface area contributed by atoms with Gasteiger partial charge in [0, 0.05) is 0 Å². The molecular formula is C12H22N4O7. The molecule has 0 spiro atoms. The average molecular weight is 334 g/mol. The molecule has 3 amide bonds. The Hall–Kier alpha value is -2.24. The summed E-state index contributed by atoms with van der Waals surface area (Å²) in [5, 5.41) is 31.5. The van der Waals surface area contributed by atoms with Crippen LogP contribution in [0.5, 0.6) is 0 Å². The Morgan fingerprint density at radius 1 is 1.00 bits per heavy atom. The second-order valence-electron chi connectivity index (χ2n) is 5.06. The van der Waals surface area contributed by atoms with Gasteiger partial charge in [0.25, 0.3) is 0 Å². The minimum Gasteiger partial charge on any atom is -0.480 e. The van der Waals surface area contributed by atoms with Gasteiger partial charge in [-0.3, -0.25) is 14.4 Å². The molecule has 0 rings (SSSR count). The molecule has 0 aliphatic heterocycles. The minimum atomic E-state index is -1.64. The van der Waals surface area contributed by atoms with E-state index in [0.717, 1.165) is 6.92 Å². The van der Waals surface area contributed by atoms with E-state index in [-0.39, 0.29) is 0 Å². The van der Waals surface area contributed by atoms with Crippen molar-refractivity contribution >= 4 is 23.7 Å². The molecule has 0 saturated carbocycles. The molecule has 0 aromatic rings. The highest BCUT2D eigenvalue weighted by Crippen LogP contribution is 1.99. The number of amides is 3. The van der Waals surface area contributed by atoms with Gasteiger partial charge in [-0.25, -0.2) is 4.79 Å². The number of carboxylic acid groups (broad SMARTS) is 1. The van der Waals surface area contributed by atoms with Crippen molar-refractivity contribution in [1.82, 2.24) is 10.6 Å². The number of carbonyl (C=O) groups excluding carboxylic acids is 3. The topological polar surface area (TPSA) is 205 Å². The van der Waals surface area contributed by atoms with E-state index in [1.165, 1.54) is 6.92 Å². The van der Waals surface area contributed by atoms with Crippen LogP contribution in [0.1, 0.15) is 20.3 Å². The molecule has 5 atom stereocenters. The fourth-order valence-electron chi connectivity index (χ4n) is 1.54. The molecule has 0 bridgehead atoms. The molecular weight excluding hydrogens is 312 g/mol. The molecule has 11 heteroatoms. The number of primary amides is 1. The highest BCUT2D eigenvalue weighted by Gasteiger charge is 2.31. The van der Waals surface area contributed by atoms with Crippen LogP contribution in [-0.4, -0.2) is 69.3 Å². The summed E-state index contributed by atoms with van der Waals surface area (Å²) in [5.41, 5.74) is 10.4. The number of hydrogen-bond acceptors (Lipinski definition) is 7. The zero-order valence-corrected chi connectivity index (χ0v) is 12.7. The van der Waals surface area contributed by atoms with Crippen molar-refractivity contribution in [2.75, 3.05) is 0 Å². The molecule has 0 saturated heterocycles. The average Bonchev–Trinajstić information content (AvgIpc) is 2.41. The smallest absolute Gasteiger partial charge is 0.328 e. The van der Waals surface area contributed by atoms with Crippen molar-refractivity contribution in [1.29, 1.82) is 0 Å². The van der Waals surface area contributed by atoms with Gasteiger partial charge < -0.3 is 37.4 Å². The summed E-state index contributed by atoms with van der Waals surface area (Å²) in [6, 6.07) is -4.49. The number of aliphatic hydroxyl groups is 2. The molecule has 11 nitrogen and oxygen atoms in total. The summed E-state index contributed by atoms with van der Waals surface area (Å²) in [6.45, 7) is 2.39. The van der Waals surface area contributed by atoms with Gasteiger partial charge in [0.15, 0.2) is 6.04 Å². The van der Waals surface area contributed by atoms with Gasteiger partial charge in [-0.1, -0.05) is 0 Å². The third-order valence-electron chi connectivity index (χ3n) is 2.91. The number of nitrogens with one attached hydrogen (secondary N) is 2. The Morgan fingerprint density at radius 2 is 1.52 bits per heavy atom. The van der Waals surface area contributed by atoms with E-state index in [0.29, 0.717) is 0 Å². The maximum Gasteiger partial charge on any atom is 0.328 e. The fraction of sp³-hybridized carbons (Fsp3) is 0.667. The summed E-state index contributed by atoms with van der Waals surface area (Å²) in [7, 11) is 0. The Bertz CT molecular complexity index is 466. The van der Waals surface area contributed by atoms with Gasteiger partial charge >= 0.3 is 5.97 Å². The SMILES string of the molecule is CC(O)C(N)C(=O)NC(CC(N)=O)C(=O)NC(C(=O)O)C(C)O. The van der Waals surface area contributed by atoms with E-state index in [1.807, 2.05) is 5.32 Å². The number of rotatable bonds is 9. The standard InChI is InChI=1S/C12H22N4O7/c1-4(17)8(14)11(21)15-6(3-7(13)19)10(20)16-9(5(2)18)12(22)23/h4-6,8-9,17-18H,3,14H2,1-2H3,(H2,13,19)(H,15,21)(H,16,20)(H,22,23). The number of carbonyl (C=O) groups is 4. The maximum atomic E-state index is 12.0. The van der Waals surface area contributed by atoms with Crippen LogP contribution in [0.2, 0.25) is 0 Å². The lowest BCUT2D eigenvalue weighted by molar-refractivity contribution is -0.145. The number of aliphatic hydroxyl groups excluding tert-OH is 2. The molecule has 5 unspecified atom stereocenters. The lowest BCUT2D eigenvalue weighted by atomic mass is 10.1. The third-order valence-corrected chi connectivity index (χ3v) is 2.91. The van der Waals surface area contributed by atoms with Crippen molar-refractivity contribution in [2.24, 2.45) is 11.5 Å². The van der Waals surface area contributed by atoms with E-state index < -0.39 is 60.4 Å². The van der Waals surface area contributed by atoms with E-state index in [1.54, 1.807) is 0 Å².